The minimum Gasteiger partial charge on any atom is -0.451 e. The van der Waals surface area contributed by atoms with Gasteiger partial charge in [0.25, 0.3) is 0 Å². The highest BCUT2D eigenvalue weighted by Crippen LogP contribution is 2.35. The van der Waals surface area contributed by atoms with Gasteiger partial charge in [0.05, 0.1) is 6.61 Å². The van der Waals surface area contributed by atoms with Crippen LogP contribution in [0.3, 0.4) is 0 Å². The van der Waals surface area contributed by atoms with Crippen molar-refractivity contribution in [1.82, 2.24) is 0 Å². The van der Waals surface area contributed by atoms with Crippen molar-refractivity contribution in [2.24, 2.45) is 0 Å². The van der Waals surface area contributed by atoms with Crippen LogP contribution >= 0.6 is 0 Å². The van der Waals surface area contributed by atoms with Crippen molar-refractivity contribution in [1.29, 1.82) is 0 Å². The third-order valence-electron chi connectivity index (χ3n) is 2.89. The van der Waals surface area contributed by atoms with E-state index in [9.17, 15) is 4.79 Å². The van der Waals surface area contributed by atoms with Crippen LogP contribution in [-0.4, -0.2) is 50.1 Å². The first kappa shape index (κ1) is 13.5. The van der Waals surface area contributed by atoms with Crippen LogP contribution in [0.25, 0.3) is 0 Å². The summed E-state index contributed by atoms with van der Waals surface area (Å²) >= 11 is 0. The van der Waals surface area contributed by atoms with E-state index in [-0.39, 0.29) is 6.10 Å². The third-order valence-corrected chi connectivity index (χ3v) is 2.89. The van der Waals surface area contributed by atoms with Gasteiger partial charge in [-0.3, -0.25) is 0 Å². The Morgan fingerprint density at radius 1 is 1.44 bits per heavy atom. The second-order valence-electron chi connectivity index (χ2n) is 4.68. The summed E-state index contributed by atoms with van der Waals surface area (Å²) in [7, 11) is 1.49. The molecule has 0 aromatic rings. The Bertz CT molecular complexity index is 339. The van der Waals surface area contributed by atoms with Gasteiger partial charge >= 0.3 is 5.97 Å². The molecule has 0 amide bonds. The molecule has 2 fully saturated rings. The van der Waals surface area contributed by atoms with Crippen molar-refractivity contribution in [3.05, 3.63) is 12.7 Å². The molecule has 2 aliphatic heterocycles. The number of carbonyl (C=O) groups excluding carboxylic acids is 1. The lowest BCUT2D eigenvalue weighted by Crippen LogP contribution is -2.54. The lowest BCUT2D eigenvalue weighted by atomic mass is 10.1. The third kappa shape index (κ3) is 2.56. The molecule has 0 bridgehead atoms. The van der Waals surface area contributed by atoms with Gasteiger partial charge in [-0.25, -0.2) is 4.79 Å². The number of esters is 1. The summed E-state index contributed by atoms with van der Waals surface area (Å²) < 4.78 is 27.3. The fourth-order valence-corrected chi connectivity index (χ4v) is 2.22. The largest absolute Gasteiger partial charge is 0.451 e. The zero-order valence-electron chi connectivity index (χ0n) is 10.8. The second kappa shape index (κ2) is 4.97. The van der Waals surface area contributed by atoms with Gasteiger partial charge in [0.2, 0.25) is 0 Å². The quantitative estimate of drug-likeness (QED) is 0.546. The molecular formula is C12H18O6. The number of fused-ring (bicyclic) bond motifs is 1. The van der Waals surface area contributed by atoms with E-state index in [1.165, 1.54) is 7.11 Å². The maximum atomic E-state index is 11.3. The molecular weight excluding hydrogens is 240 g/mol. The molecule has 0 N–H and O–H groups in total. The summed E-state index contributed by atoms with van der Waals surface area (Å²) in [6.07, 6.45) is -0.901. The fourth-order valence-electron chi connectivity index (χ4n) is 2.22. The highest BCUT2D eigenvalue weighted by molar-refractivity contribution is 5.81. The second-order valence-corrected chi connectivity index (χ2v) is 4.68. The van der Waals surface area contributed by atoms with Crippen LogP contribution in [0.2, 0.25) is 0 Å². The summed E-state index contributed by atoms with van der Waals surface area (Å²) in [5.41, 5.74) is 0. The van der Waals surface area contributed by atoms with Gasteiger partial charge in [0, 0.05) is 13.2 Å². The average Bonchev–Trinajstić information content (AvgIpc) is 2.64. The Morgan fingerprint density at radius 2 is 2.17 bits per heavy atom. The van der Waals surface area contributed by atoms with Crippen LogP contribution in [0.4, 0.5) is 0 Å². The topological polar surface area (TPSA) is 63.2 Å². The van der Waals surface area contributed by atoms with E-state index in [0.717, 1.165) is 6.08 Å². The van der Waals surface area contributed by atoms with Crippen LogP contribution in [0.15, 0.2) is 12.7 Å². The van der Waals surface area contributed by atoms with Crippen molar-refractivity contribution in [2.75, 3.05) is 13.7 Å². The molecule has 0 spiro atoms. The molecule has 0 aliphatic carbocycles. The van der Waals surface area contributed by atoms with Crippen molar-refractivity contribution < 1.29 is 28.5 Å². The van der Waals surface area contributed by atoms with Gasteiger partial charge in [-0.15, -0.1) is 0 Å². The minimum atomic E-state index is -0.722. The summed E-state index contributed by atoms with van der Waals surface area (Å²) in [6, 6.07) is 0. The van der Waals surface area contributed by atoms with Crippen LogP contribution in [-0.2, 0) is 28.5 Å². The monoisotopic (exact) mass is 258 g/mol. The van der Waals surface area contributed by atoms with Gasteiger partial charge in [-0.05, 0) is 13.8 Å². The normalized spacial score (nSPS) is 37.9. The van der Waals surface area contributed by atoms with Crippen LogP contribution in [0.5, 0.6) is 0 Å². The van der Waals surface area contributed by atoms with Gasteiger partial charge < -0.3 is 23.7 Å². The standard InChI is InChI=1S/C12H18O6/c1-5-8(13)16-10-9-7(6-15-11(10)14-4)17-12(2,3)18-9/h5,7,9-11H,1,6H2,2-4H3/t7-,9-,10+,11-/m1/s1. The van der Waals surface area contributed by atoms with E-state index < -0.39 is 30.3 Å². The van der Waals surface area contributed by atoms with Crippen LogP contribution in [0.1, 0.15) is 13.8 Å². The number of rotatable bonds is 3. The van der Waals surface area contributed by atoms with Crippen molar-refractivity contribution >= 4 is 5.97 Å². The van der Waals surface area contributed by atoms with Gasteiger partial charge in [0.15, 0.2) is 18.2 Å². The van der Waals surface area contributed by atoms with Gasteiger partial charge in [-0.1, -0.05) is 6.58 Å². The highest BCUT2D eigenvalue weighted by Gasteiger charge is 2.52. The maximum absolute atomic E-state index is 11.3. The molecule has 0 unspecified atom stereocenters. The summed E-state index contributed by atoms with van der Waals surface area (Å²) in [5, 5.41) is 0. The van der Waals surface area contributed by atoms with Gasteiger partial charge in [-0.2, -0.15) is 0 Å². The molecule has 2 aliphatic rings. The van der Waals surface area contributed by atoms with E-state index in [2.05, 4.69) is 6.58 Å². The van der Waals surface area contributed by atoms with Crippen molar-refractivity contribution in [2.45, 2.75) is 44.2 Å². The Balaban J connectivity index is 2.14. The van der Waals surface area contributed by atoms with E-state index in [1.54, 1.807) is 13.8 Å². The van der Waals surface area contributed by atoms with E-state index in [4.69, 9.17) is 23.7 Å². The molecule has 0 aromatic heterocycles. The average molecular weight is 258 g/mol. The van der Waals surface area contributed by atoms with Gasteiger partial charge in [0.1, 0.15) is 12.2 Å². The highest BCUT2D eigenvalue weighted by atomic mass is 16.8. The first-order valence-corrected chi connectivity index (χ1v) is 5.80. The lowest BCUT2D eigenvalue weighted by Gasteiger charge is -2.35. The molecule has 2 heterocycles. The summed E-state index contributed by atoms with van der Waals surface area (Å²) in [4.78, 5) is 11.3. The molecule has 0 aromatic carbocycles. The Hall–Kier alpha value is -0.950. The van der Waals surface area contributed by atoms with Crippen molar-refractivity contribution in [3.63, 3.8) is 0 Å². The molecule has 6 heteroatoms. The van der Waals surface area contributed by atoms with Crippen LogP contribution in [0, 0.1) is 0 Å². The summed E-state index contributed by atoms with van der Waals surface area (Å²) in [5.74, 6) is -1.26. The zero-order valence-corrected chi connectivity index (χ0v) is 10.8. The molecule has 0 radical (unpaired) electrons. The lowest BCUT2D eigenvalue weighted by molar-refractivity contribution is -0.249. The summed E-state index contributed by atoms with van der Waals surface area (Å²) in [6.45, 7) is 7.31. The Morgan fingerprint density at radius 3 is 2.78 bits per heavy atom. The first-order chi connectivity index (χ1) is 8.46. The smallest absolute Gasteiger partial charge is 0.330 e. The number of ether oxygens (including phenoxy) is 5. The molecule has 18 heavy (non-hydrogen) atoms. The number of hydrogen-bond acceptors (Lipinski definition) is 6. The minimum absolute atomic E-state index is 0.269. The van der Waals surface area contributed by atoms with Crippen LogP contribution < -0.4 is 0 Å². The SMILES string of the molecule is C=CC(=O)O[C@@H]1[C@H](OC)OC[C@H]2OC(C)(C)O[C@@H]12. The maximum Gasteiger partial charge on any atom is 0.330 e. The van der Waals surface area contributed by atoms with E-state index in [1.807, 2.05) is 0 Å². The van der Waals surface area contributed by atoms with E-state index in [0.29, 0.717) is 6.61 Å². The predicted molar refractivity (Wildman–Crippen MR) is 60.7 cm³/mol. The molecule has 6 nitrogen and oxygen atoms in total. The molecule has 2 saturated heterocycles. The fraction of sp³-hybridized carbons (Fsp3) is 0.750. The molecule has 2 rings (SSSR count). The molecule has 102 valence electrons. The molecule has 4 atom stereocenters. The zero-order chi connectivity index (χ0) is 13.3. The first-order valence-electron chi connectivity index (χ1n) is 5.80. The number of methoxy groups -OCH3 is 1. The predicted octanol–water partition coefficient (Wildman–Crippen LogP) is 0.607. The van der Waals surface area contributed by atoms with E-state index >= 15 is 0 Å². The number of hydrogen-bond donors (Lipinski definition) is 0. The van der Waals surface area contributed by atoms with Crippen molar-refractivity contribution in [3.8, 4) is 0 Å². The Kier molecular flexibility index (Phi) is 3.72. The Labute approximate surface area is 106 Å². The molecule has 0 saturated carbocycles. The number of carbonyl (C=O) groups is 1.